The Morgan fingerprint density at radius 1 is 1.21 bits per heavy atom. The molecule has 0 aliphatic carbocycles. The van der Waals surface area contributed by atoms with E-state index in [0.717, 1.165) is 12.8 Å². The van der Waals surface area contributed by atoms with Gasteiger partial charge in [0, 0.05) is 13.1 Å². The molecule has 3 amide bonds. The number of hydrogen-bond donors (Lipinski definition) is 2. The first-order valence-electron chi connectivity index (χ1n) is 6.18. The molecule has 0 atom stereocenters. The van der Waals surface area contributed by atoms with Crippen LogP contribution in [0.5, 0.6) is 0 Å². The standard InChI is InChI=1S/C12H20N2O5/c1-12(2)3-5-14(6-4-12)11(18)13-9(15)7-19-8-10(16)17/h3-8H2,1-2H3,(H,16,17)(H,13,15,18). The van der Waals surface area contributed by atoms with Crippen molar-refractivity contribution in [3.63, 3.8) is 0 Å². The van der Waals surface area contributed by atoms with Crippen molar-refractivity contribution in [1.29, 1.82) is 0 Å². The van der Waals surface area contributed by atoms with Gasteiger partial charge in [0.05, 0.1) is 0 Å². The highest BCUT2D eigenvalue weighted by Crippen LogP contribution is 2.29. The van der Waals surface area contributed by atoms with E-state index < -0.39 is 31.1 Å². The number of hydrogen-bond acceptors (Lipinski definition) is 4. The van der Waals surface area contributed by atoms with E-state index in [4.69, 9.17) is 5.11 Å². The van der Waals surface area contributed by atoms with Crippen LogP contribution < -0.4 is 5.32 Å². The van der Waals surface area contributed by atoms with Crippen molar-refractivity contribution in [3.05, 3.63) is 0 Å². The highest BCUT2D eigenvalue weighted by molar-refractivity contribution is 5.95. The number of ether oxygens (including phenoxy) is 1. The largest absolute Gasteiger partial charge is 0.480 e. The Hall–Kier alpha value is -1.63. The second kappa shape index (κ2) is 6.51. The first kappa shape index (κ1) is 15.4. The van der Waals surface area contributed by atoms with Gasteiger partial charge in [0.1, 0.15) is 13.2 Å². The molecule has 0 aromatic carbocycles. The lowest BCUT2D eigenvalue weighted by atomic mass is 9.83. The molecule has 7 nitrogen and oxygen atoms in total. The maximum Gasteiger partial charge on any atom is 0.329 e. The summed E-state index contributed by atoms with van der Waals surface area (Å²) in [5.41, 5.74) is 0.228. The second-order valence-electron chi connectivity index (χ2n) is 5.39. The molecule has 1 saturated heterocycles. The SMILES string of the molecule is CC1(C)CCN(C(=O)NC(=O)COCC(=O)O)CC1. The Kier molecular flexibility index (Phi) is 5.29. The monoisotopic (exact) mass is 272 g/mol. The van der Waals surface area contributed by atoms with E-state index in [-0.39, 0.29) is 5.41 Å². The summed E-state index contributed by atoms with van der Waals surface area (Å²) < 4.78 is 4.60. The Morgan fingerprint density at radius 3 is 2.32 bits per heavy atom. The summed E-state index contributed by atoms with van der Waals surface area (Å²) in [5, 5.41) is 10.5. The molecule has 0 unspecified atom stereocenters. The highest BCUT2D eigenvalue weighted by Gasteiger charge is 2.28. The van der Waals surface area contributed by atoms with Crippen LogP contribution in [0.1, 0.15) is 26.7 Å². The van der Waals surface area contributed by atoms with Crippen LogP contribution in [0.3, 0.4) is 0 Å². The summed E-state index contributed by atoms with van der Waals surface area (Å²) in [5.74, 6) is -1.78. The normalized spacial score (nSPS) is 17.9. The lowest BCUT2D eigenvalue weighted by Gasteiger charge is -2.36. The molecule has 1 heterocycles. The predicted molar refractivity (Wildman–Crippen MR) is 66.6 cm³/mol. The van der Waals surface area contributed by atoms with Crippen LogP contribution in [-0.2, 0) is 14.3 Å². The number of imide groups is 1. The summed E-state index contributed by atoms with van der Waals surface area (Å²) in [4.78, 5) is 34.8. The number of nitrogens with one attached hydrogen (secondary N) is 1. The predicted octanol–water partition coefficient (Wildman–Crippen LogP) is 0.446. The average Bonchev–Trinajstić information content (AvgIpc) is 2.27. The van der Waals surface area contributed by atoms with Gasteiger partial charge in [-0.15, -0.1) is 0 Å². The summed E-state index contributed by atoms with van der Waals surface area (Å²) >= 11 is 0. The Morgan fingerprint density at radius 2 is 1.79 bits per heavy atom. The fourth-order valence-corrected chi connectivity index (χ4v) is 1.78. The van der Waals surface area contributed by atoms with E-state index in [0.29, 0.717) is 13.1 Å². The number of nitrogens with zero attached hydrogens (tertiary/aromatic N) is 1. The zero-order valence-corrected chi connectivity index (χ0v) is 11.3. The Bertz CT molecular complexity index is 357. The fourth-order valence-electron chi connectivity index (χ4n) is 1.78. The number of carboxylic acids is 1. The van der Waals surface area contributed by atoms with E-state index in [2.05, 4.69) is 23.9 Å². The van der Waals surface area contributed by atoms with Gasteiger partial charge in [-0.2, -0.15) is 0 Å². The first-order valence-corrected chi connectivity index (χ1v) is 6.18. The zero-order valence-electron chi connectivity index (χ0n) is 11.3. The van der Waals surface area contributed by atoms with Gasteiger partial charge >= 0.3 is 12.0 Å². The molecule has 1 aliphatic heterocycles. The van der Waals surface area contributed by atoms with Crippen molar-refractivity contribution in [2.45, 2.75) is 26.7 Å². The van der Waals surface area contributed by atoms with Gasteiger partial charge in [-0.25, -0.2) is 9.59 Å². The van der Waals surface area contributed by atoms with Gasteiger partial charge in [-0.05, 0) is 18.3 Å². The molecule has 0 bridgehead atoms. The molecule has 1 fully saturated rings. The van der Waals surface area contributed by atoms with Crippen molar-refractivity contribution in [2.24, 2.45) is 5.41 Å². The molecule has 0 saturated carbocycles. The zero-order chi connectivity index (χ0) is 14.5. The Labute approximate surface area is 111 Å². The maximum atomic E-state index is 11.7. The number of carbonyl (C=O) groups is 3. The van der Waals surface area contributed by atoms with E-state index >= 15 is 0 Å². The summed E-state index contributed by atoms with van der Waals surface area (Å²) in [6.07, 6.45) is 1.79. The van der Waals surface area contributed by atoms with Crippen molar-refractivity contribution in [2.75, 3.05) is 26.3 Å². The molecule has 1 rings (SSSR count). The molecular formula is C12H20N2O5. The van der Waals surface area contributed by atoms with Crippen LogP contribution in [0.2, 0.25) is 0 Å². The minimum atomic E-state index is -1.16. The van der Waals surface area contributed by atoms with Crippen molar-refractivity contribution in [1.82, 2.24) is 10.2 Å². The molecule has 2 N–H and O–H groups in total. The second-order valence-corrected chi connectivity index (χ2v) is 5.39. The first-order chi connectivity index (χ1) is 8.80. The van der Waals surface area contributed by atoms with Crippen molar-refractivity contribution >= 4 is 17.9 Å². The number of piperidine rings is 1. The summed E-state index contributed by atoms with van der Waals surface area (Å²) in [6, 6.07) is -0.445. The van der Waals surface area contributed by atoms with Crippen LogP contribution in [0, 0.1) is 5.41 Å². The third-order valence-electron chi connectivity index (χ3n) is 3.11. The van der Waals surface area contributed by atoms with Crippen LogP contribution >= 0.6 is 0 Å². The number of urea groups is 1. The lowest BCUT2D eigenvalue weighted by molar-refractivity contribution is -0.143. The van der Waals surface area contributed by atoms with Crippen LogP contribution in [0.15, 0.2) is 0 Å². The molecule has 0 spiro atoms. The number of aliphatic carboxylic acids is 1. The molecule has 19 heavy (non-hydrogen) atoms. The Balaban J connectivity index is 2.27. The highest BCUT2D eigenvalue weighted by atomic mass is 16.5. The minimum Gasteiger partial charge on any atom is -0.480 e. The third-order valence-corrected chi connectivity index (χ3v) is 3.11. The van der Waals surface area contributed by atoms with E-state index in [1.165, 1.54) is 0 Å². The number of amides is 3. The van der Waals surface area contributed by atoms with Gasteiger partial charge in [-0.3, -0.25) is 10.1 Å². The van der Waals surface area contributed by atoms with E-state index in [1.54, 1.807) is 4.90 Å². The number of likely N-dealkylation sites (tertiary alicyclic amines) is 1. The molecule has 7 heteroatoms. The minimum absolute atomic E-state index is 0.228. The topological polar surface area (TPSA) is 95.9 Å². The molecule has 0 aromatic rings. The van der Waals surface area contributed by atoms with Gasteiger partial charge in [-0.1, -0.05) is 13.8 Å². The number of rotatable bonds is 4. The van der Waals surface area contributed by atoms with Crippen molar-refractivity contribution in [3.8, 4) is 0 Å². The molecule has 1 aliphatic rings. The molecule has 0 radical (unpaired) electrons. The van der Waals surface area contributed by atoms with Gasteiger partial charge in [0.25, 0.3) is 5.91 Å². The van der Waals surface area contributed by atoms with Crippen molar-refractivity contribution < 1.29 is 24.2 Å². The van der Waals surface area contributed by atoms with E-state index in [9.17, 15) is 14.4 Å². The van der Waals surface area contributed by atoms with Gasteiger partial charge in [0.15, 0.2) is 0 Å². The third kappa shape index (κ3) is 5.69. The number of carbonyl (C=O) groups excluding carboxylic acids is 2. The molecular weight excluding hydrogens is 252 g/mol. The van der Waals surface area contributed by atoms with Gasteiger partial charge in [0.2, 0.25) is 0 Å². The smallest absolute Gasteiger partial charge is 0.329 e. The number of carboxylic acid groups (broad SMARTS) is 1. The quantitative estimate of drug-likeness (QED) is 0.774. The van der Waals surface area contributed by atoms with Crippen LogP contribution in [0.25, 0.3) is 0 Å². The molecule has 108 valence electrons. The summed E-state index contributed by atoms with van der Waals surface area (Å²) in [7, 11) is 0. The average molecular weight is 272 g/mol. The lowest BCUT2D eigenvalue weighted by Crippen LogP contribution is -2.48. The maximum absolute atomic E-state index is 11.7. The molecule has 0 aromatic heterocycles. The van der Waals surface area contributed by atoms with Crippen LogP contribution in [-0.4, -0.2) is 54.2 Å². The van der Waals surface area contributed by atoms with E-state index in [1.807, 2.05) is 0 Å². The van der Waals surface area contributed by atoms with Crippen LogP contribution in [0.4, 0.5) is 4.79 Å². The van der Waals surface area contributed by atoms with Gasteiger partial charge < -0.3 is 14.7 Å². The summed E-state index contributed by atoms with van der Waals surface area (Å²) in [6.45, 7) is 4.53. The fraction of sp³-hybridized carbons (Fsp3) is 0.750.